The van der Waals surface area contributed by atoms with Gasteiger partial charge in [0.05, 0.1) is 5.39 Å². The largest absolute Gasteiger partial charge is 1.00 e. The van der Waals surface area contributed by atoms with E-state index >= 15 is 0 Å². The molecule has 1 heterocycles. The van der Waals surface area contributed by atoms with Crippen molar-refractivity contribution in [3.8, 4) is 0 Å². The summed E-state index contributed by atoms with van der Waals surface area (Å²) in [5.41, 5.74) is 3.10. The average molecular weight is 601 g/mol. The van der Waals surface area contributed by atoms with Crippen molar-refractivity contribution in [1.82, 2.24) is 0 Å². The van der Waals surface area contributed by atoms with E-state index in [1.807, 2.05) is 24.8 Å². The van der Waals surface area contributed by atoms with Crippen molar-refractivity contribution in [2.45, 2.75) is 81.1 Å². The summed E-state index contributed by atoms with van der Waals surface area (Å²) >= 11 is 3.57. The minimum absolute atomic E-state index is 0. The van der Waals surface area contributed by atoms with Gasteiger partial charge >= 0.3 is 59.1 Å². The van der Waals surface area contributed by atoms with Gasteiger partial charge in [-0.15, -0.1) is 11.8 Å². The molecule has 0 spiro atoms. The van der Waals surface area contributed by atoms with E-state index < -0.39 is 23.1 Å². The summed E-state index contributed by atoms with van der Waals surface area (Å²) in [5, 5.41) is 22.8. The van der Waals surface area contributed by atoms with Gasteiger partial charge in [-0.1, -0.05) is 57.4 Å². The van der Waals surface area contributed by atoms with Gasteiger partial charge in [-0.05, 0) is 61.1 Å². The number of carbonyl (C=O) groups excluding carboxylic acids is 2. The quantitative estimate of drug-likeness (QED) is 0.121. The molecular formula is C30H34Na2O6S2. The van der Waals surface area contributed by atoms with Gasteiger partial charge in [-0.25, -0.2) is 0 Å². The van der Waals surface area contributed by atoms with Crippen LogP contribution in [0.2, 0.25) is 0 Å². The first-order valence-electron chi connectivity index (χ1n) is 13.2. The molecule has 0 saturated heterocycles. The minimum Gasteiger partial charge on any atom is -0.550 e. The van der Waals surface area contributed by atoms with Crippen LogP contribution in [0.5, 0.6) is 0 Å². The molecule has 204 valence electrons. The zero-order chi connectivity index (χ0) is 27.5. The molecule has 3 rings (SSSR count). The van der Waals surface area contributed by atoms with E-state index in [1.54, 1.807) is 17.8 Å². The number of unbranched alkanes of at least 4 members (excludes halogenated alkanes) is 2. The normalized spacial score (nSPS) is 11.4. The number of hydrogen-bond donors (Lipinski definition) is 0. The van der Waals surface area contributed by atoms with E-state index in [1.165, 1.54) is 18.4 Å². The monoisotopic (exact) mass is 600 g/mol. The van der Waals surface area contributed by atoms with Crippen LogP contribution in [0.3, 0.4) is 0 Å². The Morgan fingerprint density at radius 1 is 0.975 bits per heavy atom. The molecule has 0 bridgehead atoms. The van der Waals surface area contributed by atoms with E-state index in [9.17, 15) is 24.6 Å². The molecule has 0 radical (unpaired) electrons. The number of carboxylic acid groups (broad SMARTS) is 2. The smallest absolute Gasteiger partial charge is 0.550 e. The van der Waals surface area contributed by atoms with Crippen molar-refractivity contribution in [2.75, 3.05) is 5.75 Å². The van der Waals surface area contributed by atoms with Crippen LogP contribution < -0.4 is 74.8 Å². The van der Waals surface area contributed by atoms with Crippen LogP contribution in [0.15, 0.2) is 56.6 Å². The number of benzene rings is 2. The fourth-order valence-electron chi connectivity index (χ4n) is 4.32. The molecule has 3 aromatic rings. The van der Waals surface area contributed by atoms with Gasteiger partial charge < -0.3 is 24.2 Å². The first-order chi connectivity index (χ1) is 18.3. The van der Waals surface area contributed by atoms with Crippen LogP contribution in [0, 0.1) is 0 Å². The summed E-state index contributed by atoms with van der Waals surface area (Å²) in [6.07, 6.45) is 5.82. The predicted molar refractivity (Wildman–Crippen MR) is 150 cm³/mol. The van der Waals surface area contributed by atoms with Crippen LogP contribution in [0.1, 0.15) is 91.3 Å². The molecule has 1 aromatic heterocycles. The Morgan fingerprint density at radius 3 is 2.42 bits per heavy atom. The number of aryl methyl sites for hydroxylation is 1. The fourth-order valence-corrected chi connectivity index (χ4v) is 6.73. The number of aliphatic carboxylic acids is 1. The zero-order valence-electron chi connectivity index (χ0n) is 24.0. The first kappa shape index (κ1) is 37.3. The summed E-state index contributed by atoms with van der Waals surface area (Å²) in [7, 11) is 0. The van der Waals surface area contributed by atoms with Crippen molar-refractivity contribution < 1.29 is 83.3 Å². The Balaban J connectivity index is 0.00000400. The maximum atomic E-state index is 12.6. The number of fused-ring (bicyclic) bond motifs is 1. The van der Waals surface area contributed by atoms with E-state index in [4.69, 9.17) is 4.42 Å². The molecule has 10 heteroatoms. The molecule has 0 N–H and O–H groups in total. The Kier molecular flexibility index (Phi) is 18.2. The summed E-state index contributed by atoms with van der Waals surface area (Å²) in [4.78, 5) is 35.9. The Hall–Kier alpha value is -0.710. The summed E-state index contributed by atoms with van der Waals surface area (Å²) < 4.78 is 5.67. The topological polar surface area (TPSA) is 110 Å². The number of hydrogen-bond acceptors (Lipinski definition) is 8. The first-order valence-corrected chi connectivity index (χ1v) is 15.2. The van der Waals surface area contributed by atoms with Crippen molar-refractivity contribution >= 4 is 46.4 Å². The molecular weight excluding hydrogens is 566 g/mol. The zero-order valence-corrected chi connectivity index (χ0v) is 29.6. The SMILES string of the molecule is CCCCSCc1cccc(C(CCCCC(=O)[O-])Sc2ccc3c(=O)cc(C(=O)[O-])oc3c2CCC)c1.[Na+].[Na+]. The second kappa shape index (κ2) is 19.5. The Morgan fingerprint density at radius 2 is 1.75 bits per heavy atom. The molecule has 0 amide bonds. The van der Waals surface area contributed by atoms with Crippen molar-refractivity contribution in [2.24, 2.45) is 0 Å². The molecule has 40 heavy (non-hydrogen) atoms. The molecule has 0 saturated carbocycles. The predicted octanol–water partition coefficient (Wildman–Crippen LogP) is -0.706. The van der Waals surface area contributed by atoms with Gasteiger partial charge in [0.2, 0.25) is 0 Å². The number of carbonyl (C=O) groups is 2. The molecule has 0 aliphatic heterocycles. The molecule has 0 aliphatic carbocycles. The van der Waals surface area contributed by atoms with Crippen LogP contribution in [0.25, 0.3) is 11.0 Å². The average Bonchev–Trinajstić information content (AvgIpc) is 2.89. The van der Waals surface area contributed by atoms with Crippen molar-refractivity contribution in [3.05, 3.63) is 75.1 Å². The number of aromatic carboxylic acids is 1. The molecule has 0 fully saturated rings. The van der Waals surface area contributed by atoms with Gasteiger partial charge in [-0.2, -0.15) is 11.8 Å². The van der Waals surface area contributed by atoms with Gasteiger partial charge in [0.1, 0.15) is 11.6 Å². The molecule has 6 nitrogen and oxygen atoms in total. The van der Waals surface area contributed by atoms with Crippen LogP contribution in [-0.2, 0) is 17.0 Å². The summed E-state index contributed by atoms with van der Waals surface area (Å²) in [6.45, 7) is 4.21. The van der Waals surface area contributed by atoms with E-state index in [-0.39, 0.29) is 70.8 Å². The maximum absolute atomic E-state index is 12.6. The van der Waals surface area contributed by atoms with Gasteiger partial charge in [-0.3, -0.25) is 4.79 Å². The van der Waals surface area contributed by atoms with Crippen LogP contribution >= 0.6 is 23.5 Å². The second-order valence-electron chi connectivity index (χ2n) is 9.31. The fraction of sp³-hybridized carbons (Fsp3) is 0.433. The number of thioether (sulfide) groups is 2. The molecule has 2 aromatic carbocycles. The van der Waals surface area contributed by atoms with E-state index in [2.05, 4.69) is 31.2 Å². The van der Waals surface area contributed by atoms with E-state index in [0.29, 0.717) is 23.8 Å². The maximum Gasteiger partial charge on any atom is 1.00 e. The molecule has 0 aliphatic rings. The summed E-state index contributed by atoms with van der Waals surface area (Å²) in [5.74, 6) is -0.986. The standard InChI is InChI=1S/C30H36O6S2.2Na/c1-3-5-16-37-19-20-10-8-11-21(17-20)26(12-6-7-13-28(32)33)38-27-15-14-22-24(31)18-25(30(34)35)36-29(22)23(27)9-4-2;;/h8,10-11,14-15,17-18,26H,3-7,9,12-13,16,19H2,1-2H3,(H,32,33)(H,34,35);;/q;2*+1/p-2. The third kappa shape index (κ3) is 11.2. The van der Waals surface area contributed by atoms with Crippen LogP contribution in [-0.4, -0.2) is 17.7 Å². The molecule has 1 unspecified atom stereocenters. The van der Waals surface area contributed by atoms with Crippen LogP contribution in [0.4, 0.5) is 0 Å². The molecule has 1 atom stereocenters. The second-order valence-corrected chi connectivity index (χ2v) is 11.7. The Bertz CT molecular complexity index is 1310. The Labute approximate surface area is 289 Å². The minimum atomic E-state index is -1.52. The van der Waals surface area contributed by atoms with Crippen molar-refractivity contribution in [1.29, 1.82) is 0 Å². The van der Waals surface area contributed by atoms with Gasteiger partial charge in [0.25, 0.3) is 0 Å². The number of carboxylic acids is 2. The van der Waals surface area contributed by atoms with Gasteiger partial charge in [0.15, 0.2) is 11.2 Å². The van der Waals surface area contributed by atoms with E-state index in [0.717, 1.165) is 52.9 Å². The third-order valence-corrected chi connectivity index (χ3v) is 8.80. The van der Waals surface area contributed by atoms with Gasteiger partial charge in [0, 0.05) is 33.5 Å². The third-order valence-electron chi connectivity index (χ3n) is 6.26. The number of rotatable bonds is 16. The van der Waals surface area contributed by atoms with Crippen molar-refractivity contribution in [3.63, 3.8) is 0 Å². The summed E-state index contributed by atoms with van der Waals surface area (Å²) in [6, 6.07) is 13.1.